The second kappa shape index (κ2) is 8.85. The number of aromatic nitrogens is 4. The van der Waals surface area contributed by atoms with Gasteiger partial charge in [-0.25, -0.2) is 20.0 Å². The Morgan fingerprint density at radius 3 is 1.28 bits per heavy atom. The van der Waals surface area contributed by atoms with Gasteiger partial charge in [0.25, 0.3) is 5.24 Å². The lowest BCUT2D eigenvalue weighted by atomic mass is 10.1. The van der Waals surface area contributed by atoms with Crippen LogP contribution < -0.4 is 22.0 Å². The van der Waals surface area contributed by atoms with Gasteiger partial charge in [0.2, 0.25) is 0 Å². The average Bonchev–Trinajstić information content (AvgIpc) is 3.76. The van der Waals surface area contributed by atoms with Crippen molar-refractivity contribution >= 4 is 83.2 Å². The molecular formula is C33H19ClN8O. The van der Waals surface area contributed by atoms with Crippen molar-refractivity contribution < 1.29 is 4.79 Å². The Morgan fingerprint density at radius 2 is 0.814 bits per heavy atom. The van der Waals surface area contributed by atoms with E-state index in [2.05, 4.69) is 19.9 Å². The fraction of sp³-hybridized carbons (Fsp3) is 0. The molecule has 5 heterocycles. The van der Waals surface area contributed by atoms with E-state index in [1.165, 1.54) is 0 Å². The molecule has 1 aliphatic rings. The minimum Gasteiger partial charge on any atom is -0.324 e. The summed E-state index contributed by atoms with van der Waals surface area (Å²) in [6.07, 6.45) is 0. The van der Waals surface area contributed by atoms with Crippen LogP contribution in [0.25, 0.3) is 43.1 Å². The molecule has 4 aromatic heterocycles. The number of carbonyl (C=O) groups is 1. The lowest BCUT2D eigenvalue weighted by Crippen LogP contribution is -2.10. The molecule has 9 nitrogen and oxygen atoms in total. The molecule has 8 bridgehead atoms. The van der Waals surface area contributed by atoms with E-state index in [0.29, 0.717) is 61.6 Å². The van der Waals surface area contributed by atoms with Crippen LogP contribution in [0.15, 0.2) is 111 Å². The molecule has 10 heteroatoms. The quantitative estimate of drug-likeness (QED) is 0.172. The van der Waals surface area contributed by atoms with E-state index in [1.807, 2.05) is 78.9 Å². The van der Waals surface area contributed by atoms with Crippen LogP contribution in [-0.4, -0.2) is 25.2 Å². The highest BCUT2D eigenvalue weighted by Crippen LogP contribution is 2.37. The average molecular weight is 579 g/mol. The van der Waals surface area contributed by atoms with Gasteiger partial charge in [-0.3, -0.25) is 4.79 Å². The first-order valence-corrected chi connectivity index (χ1v) is 14.0. The zero-order valence-corrected chi connectivity index (χ0v) is 23.0. The second-order valence-corrected chi connectivity index (χ2v) is 10.7. The Hall–Kier alpha value is -5.80. The van der Waals surface area contributed by atoms with E-state index in [-0.39, 0.29) is 0 Å². The lowest BCUT2D eigenvalue weighted by Gasteiger charge is -1.98. The van der Waals surface area contributed by atoms with Gasteiger partial charge in [0, 0.05) is 48.7 Å². The fourth-order valence-electron chi connectivity index (χ4n) is 5.99. The van der Waals surface area contributed by atoms with Crippen molar-refractivity contribution in [1.82, 2.24) is 19.9 Å². The van der Waals surface area contributed by atoms with Crippen LogP contribution in [0.2, 0.25) is 0 Å². The van der Waals surface area contributed by atoms with Gasteiger partial charge in [-0.05, 0) is 17.7 Å². The van der Waals surface area contributed by atoms with Crippen molar-refractivity contribution in [1.29, 1.82) is 0 Å². The zero-order valence-electron chi connectivity index (χ0n) is 22.2. The molecule has 4 aromatic carbocycles. The van der Waals surface area contributed by atoms with Crippen LogP contribution in [0.3, 0.4) is 0 Å². The molecule has 43 heavy (non-hydrogen) atoms. The maximum atomic E-state index is 12.6. The zero-order chi connectivity index (χ0) is 28.7. The SMILES string of the molecule is O=C(Cl)c1cccc2c3[nH]c(c12)N=c1[nH]c(c2ccccc12)=Nc1[nH]c(c2ccccc12)N=c1[nH]c(c2ccccc12)=N3. The summed E-state index contributed by atoms with van der Waals surface area (Å²) < 4.78 is 0. The number of H-pyrrole nitrogens is 4. The lowest BCUT2D eigenvalue weighted by molar-refractivity contribution is 0.108. The Kier molecular flexibility index (Phi) is 4.91. The number of nitrogens with one attached hydrogen (secondary N) is 4. The molecule has 9 rings (SSSR count). The smallest absolute Gasteiger partial charge is 0.253 e. The standard InChI is InChI=1S/C33H19ClN8O/c34-25(43)22-14-7-15-23-24(22)33-41-31-21-13-6-5-12-20(21)29(39-31)37-27-17-9-2-1-8-16(17)26(35-27)36-28-18-10-3-4-11-19(18)30(38-28)40-32(23)42-33/h1-15H,(H4,35,36,37,38,39,40,41,42). The summed E-state index contributed by atoms with van der Waals surface area (Å²) in [4.78, 5) is 46.4. The molecule has 0 unspecified atom stereocenters. The molecular weight excluding hydrogens is 560 g/mol. The predicted molar refractivity (Wildman–Crippen MR) is 167 cm³/mol. The third kappa shape index (κ3) is 3.55. The van der Waals surface area contributed by atoms with E-state index >= 15 is 0 Å². The Morgan fingerprint density at radius 1 is 0.442 bits per heavy atom. The molecule has 0 fully saturated rings. The predicted octanol–water partition coefficient (Wildman–Crippen LogP) is 6.11. The molecule has 0 spiro atoms. The number of carbonyl (C=O) groups excluding carboxylic acids is 1. The van der Waals surface area contributed by atoms with Crippen LogP contribution >= 0.6 is 11.6 Å². The van der Waals surface area contributed by atoms with Crippen LogP contribution in [0.1, 0.15) is 10.4 Å². The van der Waals surface area contributed by atoms with E-state index in [9.17, 15) is 4.79 Å². The largest absolute Gasteiger partial charge is 0.324 e. The van der Waals surface area contributed by atoms with E-state index in [0.717, 1.165) is 32.3 Å². The Bertz CT molecular complexity index is 2720. The second-order valence-electron chi connectivity index (χ2n) is 10.4. The third-order valence-electron chi connectivity index (χ3n) is 7.92. The number of hydrogen-bond acceptors (Lipinski definition) is 5. The summed E-state index contributed by atoms with van der Waals surface area (Å²) >= 11 is 6.07. The number of benzene rings is 4. The summed E-state index contributed by atoms with van der Waals surface area (Å²) in [5.41, 5.74) is 2.84. The monoisotopic (exact) mass is 578 g/mol. The van der Waals surface area contributed by atoms with Gasteiger partial charge in [0.1, 0.15) is 45.2 Å². The molecule has 0 aliphatic carbocycles. The summed E-state index contributed by atoms with van der Waals surface area (Å²) in [5, 5.41) is 6.20. The van der Waals surface area contributed by atoms with Crippen LogP contribution in [0.5, 0.6) is 0 Å². The van der Waals surface area contributed by atoms with Gasteiger partial charge in [-0.15, -0.1) is 0 Å². The van der Waals surface area contributed by atoms with Gasteiger partial charge in [0.05, 0.1) is 0 Å². The number of fused-ring (bicyclic) bond motifs is 20. The highest BCUT2D eigenvalue weighted by Gasteiger charge is 2.18. The summed E-state index contributed by atoms with van der Waals surface area (Å²) in [6, 6.07) is 29.3. The van der Waals surface area contributed by atoms with Crippen molar-refractivity contribution in [3.8, 4) is 0 Å². The van der Waals surface area contributed by atoms with Gasteiger partial charge < -0.3 is 19.9 Å². The molecule has 8 aromatic rings. The van der Waals surface area contributed by atoms with Gasteiger partial charge in [0.15, 0.2) is 0 Å². The normalized spacial score (nSPS) is 12.7. The van der Waals surface area contributed by atoms with Crippen molar-refractivity contribution in [2.75, 3.05) is 0 Å². The Labute approximate surface area is 246 Å². The molecule has 204 valence electrons. The molecule has 0 atom stereocenters. The number of rotatable bonds is 1. The van der Waals surface area contributed by atoms with Crippen molar-refractivity contribution in [3.05, 3.63) is 119 Å². The van der Waals surface area contributed by atoms with Crippen LogP contribution in [-0.2, 0) is 0 Å². The maximum Gasteiger partial charge on any atom is 0.253 e. The maximum absolute atomic E-state index is 12.6. The van der Waals surface area contributed by atoms with Gasteiger partial charge in [-0.2, -0.15) is 0 Å². The number of nitrogens with zero attached hydrogens (tertiary/aromatic N) is 4. The van der Waals surface area contributed by atoms with Crippen molar-refractivity contribution in [3.63, 3.8) is 0 Å². The van der Waals surface area contributed by atoms with Crippen molar-refractivity contribution in [2.24, 2.45) is 20.0 Å². The van der Waals surface area contributed by atoms with Crippen molar-refractivity contribution in [2.45, 2.75) is 0 Å². The third-order valence-corrected chi connectivity index (χ3v) is 8.13. The van der Waals surface area contributed by atoms with Gasteiger partial charge in [-0.1, -0.05) is 84.9 Å². The first kappa shape index (κ1) is 23.9. The van der Waals surface area contributed by atoms with E-state index < -0.39 is 5.24 Å². The highest BCUT2D eigenvalue weighted by molar-refractivity contribution is 6.68. The molecule has 0 saturated heterocycles. The topological polar surface area (TPSA) is 130 Å². The summed E-state index contributed by atoms with van der Waals surface area (Å²) in [6.45, 7) is 0. The highest BCUT2D eigenvalue weighted by atomic mass is 35.5. The molecule has 0 amide bonds. The molecule has 0 saturated carbocycles. The summed E-state index contributed by atoms with van der Waals surface area (Å²) in [5.74, 6) is 2.34. The minimum absolute atomic E-state index is 0.339. The van der Waals surface area contributed by atoms with Crippen LogP contribution in [0.4, 0.5) is 23.3 Å². The number of hydrogen-bond donors (Lipinski definition) is 4. The summed E-state index contributed by atoms with van der Waals surface area (Å²) in [7, 11) is 0. The first-order chi connectivity index (χ1) is 21.1. The fourth-order valence-corrected chi connectivity index (χ4v) is 6.15. The number of halogens is 1. The first-order valence-electron chi connectivity index (χ1n) is 13.7. The number of aromatic amines is 4. The van der Waals surface area contributed by atoms with E-state index in [4.69, 9.17) is 31.6 Å². The van der Waals surface area contributed by atoms with Gasteiger partial charge >= 0.3 is 0 Å². The van der Waals surface area contributed by atoms with Crippen LogP contribution in [0, 0.1) is 0 Å². The minimum atomic E-state index is -0.578. The molecule has 0 radical (unpaired) electrons. The van der Waals surface area contributed by atoms with E-state index in [1.54, 1.807) is 12.1 Å². The molecule has 4 N–H and O–H groups in total. The molecule has 1 aliphatic heterocycles. The Balaban J connectivity index is 1.52.